The molecule has 4 rings (SSSR count). The maximum atomic E-state index is 12.8. The number of carbonyl (C=O) groups is 3. The Morgan fingerprint density at radius 1 is 0.971 bits per heavy atom. The molecule has 0 spiro atoms. The molecule has 8 heteroatoms. The van der Waals surface area contributed by atoms with E-state index in [2.05, 4.69) is 10.6 Å². The predicted octanol–water partition coefficient (Wildman–Crippen LogP) is 5.29. The third-order valence-corrected chi connectivity index (χ3v) is 6.02. The fourth-order valence-corrected chi connectivity index (χ4v) is 4.20. The summed E-state index contributed by atoms with van der Waals surface area (Å²) in [5.41, 5.74) is 2.93. The van der Waals surface area contributed by atoms with Crippen LogP contribution in [0.1, 0.15) is 41.3 Å². The second-order valence-electron chi connectivity index (χ2n) is 8.52. The van der Waals surface area contributed by atoms with Gasteiger partial charge in [0.15, 0.2) is 0 Å². The molecule has 3 aromatic rings. The van der Waals surface area contributed by atoms with Gasteiger partial charge >= 0.3 is 12.1 Å². The summed E-state index contributed by atoms with van der Waals surface area (Å²) in [5.74, 6) is -1.95. The number of hydrogen-bond acceptors (Lipinski definition) is 4. The first-order valence-electron chi connectivity index (χ1n) is 10.6. The number of fused-ring (bicyclic) bond motifs is 3. The van der Waals surface area contributed by atoms with E-state index in [0.717, 1.165) is 22.3 Å². The average molecular weight is 479 g/mol. The standard InChI is InChI=1S/C26H23ClN2O5/c1-26(2,24(32)28-22-12-11-15(27)13-20(22)23(30)31)29-25(33)34-14-21-18-9-5-3-7-16(18)17-8-4-6-10-19(17)21/h3-13,21H,14H2,1-2H3,(H,28,32)(H,29,33)(H,30,31). The molecule has 3 N–H and O–H groups in total. The summed E-state index contributed by atoms with van der Waals surface area (Å²) < 4.78 is 5.51. The normalized spacial score (nSPS) is 12.4. The molecule has 0 fully saturated rings. The SMILES string of the molecule is CC(C)(NC(=O)OCC1c2ccccc2-c2ccccc21)C(=O)Nc1ccc(Cl)cc1C(=O)O. The number of carboxylic acids is 1. The fraction of sp³-hybridized carbons (Fsp3) is 0.192. The zero-order valence-corrected chi connectivity index (χ0v) is 19.3. The van der Waals surface area contributed by atoms with Crippen molar-refractivity contribution < 1.29 is 24.2 Å². The van der Waals surface area contributed by atoms with Gasteiger partial charge in [-0.15, -0.1) is 0 Å². The number of carboxylic acid groups (broad SMARTS) is 1. The van der Waals surface area contributed by atoms with Gasteiger partial charge in [-0.25, -0.2) is 9.59 Å². The van der Waals surface area contributed by atoms with Crippen LogP contribution >= 0.6 is 11.6 Å². The van der Waals surface area contributed by atoms with Crippen molar-refractivity contribution in [3.8, 4) is 11.1 Å². The molecule has 7 nitrogen and oxygen atoms in total. The smallest absolute Gasteiger partial charge is 0.408 e. The van der Waals surface area contributed by atoms with Gasteiger partial charge in [-0.1, -0.05) is 60.1 Å². The van der Waals surface area contributed by atoms with Gasteiger partial charge in [0.05, 0.1) is 11.3 Å². The first-order valence-corrected chi connectivity index (χ1v) is 11.0. The highest BCUT2D eigenvalue weighted by Gasteiger charge is 2.33. The Labute approximate surface area is 201 Å². The van der Waals surface area contributed by atoms with E-state index in [9.17, 15) is 19.5 Å². The third kappa shape index (κ3) is 4.61. The lowest BCUT2D eigenvalue weighted by molar-refractivity contribution is -0.121. The van der Waals surface area contributed by atoms with Crippen molar-refractivity contribution in [2.75, 3.05) is 11.9 Å². The van der Waals surface area contributed by atoms with Crippen LogP contribution < -0.4 is 10.6 Å². The molecule has 0 radical (unpaired) electrons. The number of hydrogen-bond donors (Lipinski definition) is 3. The van der Waals surface area contributed by atoms with E-state index in [0.29, 0.717) is 0 Å². The molecule has 1 aliphatic carbocycles. The maximum Gasteiger partial charge on any atom is 0.408 e. The van der Waals surface area contributed by atoms with E-state index in [1.54, 1.807) is 0 Å². The van der Waals surface area contributed by atoms with Gasteiger partial charge < -0.3 is 20.5 Å². The van der Waals surface area contributed by atoms with Crippen LogP contribution in [0.25, 0.3) is 11.1 Å². The van der Waals surface area contributed by atoms with Crippen LogP contribution in [-0.2, 0) is 9.53 Å². The monoisotopic (exact) mass is 478 g/mol. The highest BCUT2D eigenvalue weighted by atomic mass is 35.5. The molecule has 0 bridgehead atoms. The van der Waals surface area contributed by atoms with Crippen LogP contribution in [0, 0.1) is 0 Å². The van der Waals surface area contributed by atoms with Crippen molar-refractivity contribution in [3.05, 3.63) is 88.4 Å². The van der Waals surface area contributed by atoms with Gasteiger partial charge in [0.25, 0.3) is 0 Å². The molecule has 0 aromatic heterocycles. The zero-order valence-electron chi connectivity index (χ0n) is 18.6. The van der Waals surface area contributed by atoms with Crippen LogP contribution in [-0.4, -0.2) is 35.2 Å². The van der Waals surface area contributed by atoms with E-state index in [1.807, 2.05) is 48.5 Å². The molecule has 3 aromatic carbocycles. The van der Waals surface area contributed by atoms with Crippen molar-refractivity contribution in [1.29, 1.82) is 0 Å². The number of amides is 2. The quantitative estimate of drug-likeness (QED) is 0.446. The van der Waals surface area contributed by atoms with E-state index < -0.39 is 23.5 Å². The third-order valence-electron chi connectivity index (χ3n) is 5.79. The Hall–Kier alpha value is -3.84. The summed E-state index contributed by atoms with van der Waals surface area (Å²) in [6.07, 6.45) is -0.753. The molecular formula is C26H23ClN2O5. The molecule has 0 unspecified atom stereocenters. The lowest BCUT2D eigenvalue weighted by Gasteiger charge is -2.25. The van der Waals surface area contributed by atoms with Gasteiger partial charge in [-0.3, -0.25) is 4.79 Å². The van der Waals surface area contributed by atoms with Crippen LogP contribution in [0.5, 0.6) is 0 Å². The summed E-state index contributed by atoms with van der Waals surface area (Å²) in [4.78, 5) is 36.9. The van der Waals surface area contributed by atoms with Crippen molar-refractivity contribution >= 4 is 35.3 Å². The van der Waals surface area contributed by atoms with Crippen molar-refractivity contribution in [2.45, 2.75) is 25.3 Å². The zero-order chi connectivity index (χ0) is 24.5. The number of alkyl carbamates (subject to hydrolysis) is 1. The molecule has 1 aliphatic rings. The van der Waals surface area contributed by atoms with Gasteiger partial charge in [-0.05, 0) is 54.3 Å². The number of halogens is 1. The molecule has 34 heavy (non-hydrogen) atoms. The van der Waals surface area contributed by atoms with Crippen molar-refractivity contribution in [3.63, 3.8) is 0 Å². The second kappa shape index (κ2) is 9.19. The molecule has 0 atom stereocenters. The summed E-state index contributed by atoms with van der Waals surface area (Å²) in [6, 6.07) is 20.1. The minimum Gasteiger partial charge on any atom is -0.478 e. The van der Waals surface area contributed by atoms with Crippen LogP contribution in [0.2, 0.25) is 5.02 Å². The Kier molecular flexibility index (Phi) is 6.30. The minimum absolute atomic E-state index is 0.0734. The average Bonchev–Trinajstić information content (AvgIpc) is 3.12. The number of aromatic carboxylic acids is 1. The van der Waals surface area contributed by atoms with E-state index in [-0.39, 0.29) is 28.8 Å². The van der Waals surface area contributed by atoms with Crippen LogP contribution in [0.4, 0.5) is 10.5 Å². The highest BCUT2D eigenvalue weighted by Crippen LogP contribution is 2.44. The Morgan fingerprint density at radius 3 is 2.15 bits per heavy atom. The molecule has 174 valence electrons. The number of benzene rings is 3. The number of ether oxygens (including phenoxy) is 1. The molecule has 0 saturated heterocycles. The first kappa shape index (κ1) is 23.3. The van der Waals surface area contributed by atoms with Crippen LogP contribution in [0.15, 0.2) is 66.7 Å². The van der Waals surface area contributed by atoms with E-state index >= 15 is 0 Å². The largest absolute Gasteiger partial charge is 0.478 e. The summed E-state index contributed by atoms with van der Waals surface area (Å²) in [6.45, 7) is 3.11. The number of anilines is 1. The highest BCUT2D eigenvalue weighted by molar-refractivity contribution is 6.31. The van der Waals surface area contributed by atoms with Gasteiger partial charge in [0, 0.05) is 10.9 Å². The molecule has 0 saturated carbocycles. The second-order valence-corrected chi connectivity index (χ2v) is 8.96. The number of carbonyl (C=O) groups excluding carboxylic acids is 2. The molecule has 0 heterocycles. The van der Waals surface area contributed by atoms with Gasteiger partial charge in [0.2, 0.25) is 5.91 Å². The lowest BCUT2D eigenvalue weighted by atomic mass is 9.98. The lowest BCUT2D eigenvalue weighted by Crippen LogP contribution is -2.52. The summed E-state index contributed by atoms with van der Waals surface area (Å²) in [7, 11) is 0. The predicted molar refractivity (Wildman–Crippen MR) is 129 cm³/mol. The molecular weight excluding hydrogens is 456 g/mol. The topological polar surface area (TPSA) is 105 Å². The fourth-order valence-electron chi connectivity index (χ4n) is 4.03. The van der Waals surface area contributed by atoms with Gasteiger partial charge in [-0.2, -0.15) is 0 Å². The number of rotatable bonds is 6. The Balaban J connectivity index is 1.42. The summed E-state index contributed by atoms with van der Waals surface area (Å²) in [5, 5.41) is 14.7. The van der Waals surface area contributed by atoms with Crippen LogP contribution in [0.3, 0.4) is 0 Å². The van der Waals surface area contributed by atoms with E-state index in [1.165, 1.54) is 32.0 Å². The Morgan fingerprint density at radius 2 is 1.56 bits per heavy atom. The van der Waals surface area contributed by atoms with Crippen molar-refractivity contribution in [2.24, 2.45) is 0 Å². The molecule has 0 aliphatic heterocycles. The maximum absolute atomic E-state index is 12.8. The first-order chi connectivity index (χ1) is 16.2. The summed E-state index contributed by atoms with van der Waals surface area (Å²) >= 11 is 5.86. The van der Waals surface area contributed by atoms with Crippen molar-refractivity contribution in [1.82, 2.24) is 5.32 Å². The Bertz CT molecular complexity index is 1240. The minimum atomic E-state index is -1.38. The number of nitrogens with one attached hydrogen (secondary N) is 2. The molecule has 2 amide bonds. The van der Waals surface area contributed by atoms with Gasteiger partial charge in [0.1, 0.15) is 12.1 Å². The van der Waals surface area contributed by atoms with E-state index in [4.69, 9.17) is 16.3 Å².